The number of hydrogen-bond donors (Lipinski definition) is 6. The van der Waals surface area contributed by atoms with Gasteiger partial charge in [-0.25, -0.2) is 8.78 Å². The summed E-state index contributed by atoms with van der Waals surface area (Å²) in [5, 5.41) is 46.7. The molecule has 2 amide bonds. The Labute approximate surface area is 458 Å². The van der Waals surface area contributed by atoms with E-state index in [9.17, 15) is 58.0 Å². The fourth-order valence-corrected chi connectivity index (χ4v) is 11.4. The van der Waals surface area contributed by atoms with Gasteiger partial charge in [0.2, 0.25) is 11.8 Å². The minimum Gasteiger partial charge on any atom is -0.508 e. The number of nitrogens with zero attached hydrogens (tertiary/aromatic N) is 2. The molecule has 3 aliphatic rings. The number of benzene rings is 6. The highest BCUT2D eigenvalue weighted by atomic mass is 19.1. The molecule has 16 heteroatoms. The Bertz CT molecular complexity index is 3140. The molecule has 0 aromatic heterocycles. The third kappa shape index (κ3) is 13.1. The van der Waals surface area contributed by atoms with Gasteiger partial charge in [0.1, 0.15) is 34.6 Å². The van der Waals surface area contributed by atoms with Crippen LogP contribution in [0.15, 0.2) is 133 Å². The monoisotopic (exact) mass is 1080 g/mol. The summed E-state index contributed by atoms with van der Waals surface area (Å²) in [6.07, 6.45) is 0.219. The van der Waals surface area contributed by atoms with Crippen LogP contribution in [0.2, 0.25) is 0 Å². The number of phenolic OH excluding ortho intramolecular Hbond substituents is 4. The molecule has 0 bridgehead atoms. The lowest BCUT2D eigenvalue weighted by molar-refractivity contribution is -0.136. The molecule has 9 rings (SSSR count). The fraction of sp³-hybridized carbons (Fsp3) is 0.333. The van der Waals surface area contributed by atoms with Gasteiger partial charge in [0, 0.05) is 110 Å². The van der Waals surface area contributed by atoms with E-state index in [-0.39, 0.29) is 118 Å². The van der Waals surface area contributed by atoms with Gasteiger partial charge in [-0.2, -0.15) is 0 Å². The van der Waals surface area contributed by atoms with E-state index in [2.05, 4.69) is 10.6 Å². The van der Waals surface area contributed by atoms with E-state index in [1.165, 1.54) is 60.7 Å². The largest absolute Gasteiger partial charge is 0.508 e. The number of carbonyl (C=O) groups is 6. The van der Waals surface area contributed by atoms with Gasteiger partial charge in [-0.1, -0.05) is 93.6 Å². The zero-order valence-corrected chi connectivity index (χ0v) is 44.8. The van der Waals surface area contributed by atoms with E-state index in [1.54, 1.807) is 96.4 Å². The van der Waals surface area contributed by atoms with Crippen LogP contribution in [-0.2, 0) is 9.59 Å². The minimum absolute atomic E-state index is 0.0238. The number of phenols is 4. The number of nitrogens with one attached hydrogen (secondary N) is 2. The number of piperidine rings is 2. The molecule has 0 spiro atoms. The quantitative estimate of drug-likeness (QED) is 0.0634. The Balaban J connectivity index is 0.000000208. The van der Waals surface area contributed by atoms with Crippen molar-refractivity contribution in [2.45, 2.75) is 58.9 Å². The van der Waals surface area contributed by atoms with Crippen LogP contribution in [0.25, 0.3) is 0 Å². The summed E-state index contributed by atoms with van der Waals surface area (Å²) in [6.45, 7) is 11.0. The molecule has 6 N–H and O–H groups in total. The maximum atomic E-state index is 14.9. The summed E-state index contributed by atoms with van der Waals surface area (Å²) >= 11 is 0. The van der Waals surface area contributed by atoms with E-state index >= 15 is 0 Å². The number of piperazine rings is 1. The van der Waals surface area contributed by atoms with Crippen LogP contribution in [0, 0.1) is 54.6 Å². The van der Waals surface area contributed by atoms with Crippen LogP contribution in [0.1, 0.15) is 103 Å². The molecule has 79 heavy (non-hydrogen) atoms. The second-order valence-corrected chi connectivity index (χ2v) is 22.0. The van der Waals surface area contributed by atoms with Crippen molar-refractivity contribution in [3.63, 3.8) is 0 Å². The zero-order valence-electron chi connectivity index (χ0n) is 44.8. The number of aromatic hydroxyl groups is 4. The van der Waals surface area contributed by atoms with Crippen LogP contribution < -0.4 is 10.6 Å². The highest BCUT2D eigenvalue weighted by Crippen LogP contribution is 2.45. The van der Waals surface area contributed by atoms with Crippen LogP contribution in [-0.4, -0.2) is 117 Å². The molecule has 3 heterocycles. The van der Waals surface area contributed by atoms with Gasteiger partial charge in [-0.05, 0) is 102 Å². The van der Waals surface area contributed by atoms with Gasteiger partial charge in [0.05, 0.1) is 6.04 Å². The molecule has 412 valence electrons. The lowest BCUT2D eigenvalue weighted by Gasteiger charge is -2.44. The van der Waals surface area contributed by atoms with E-state index < -0.39 is 53.2 Å². The van der Waals surface area contributed by atoms with E-state index in [4.69, 9.17) is 0 Å². The maximum absolute atomic E-state index is 14.9. The number of amides is 2. The minimum atomic E-state index is -0.900. The van der Waals surface area contributed by atoms with Crippen molar-refractivity contribution >= 4 is 34.9 Å². The Hall–Kier alpha value is -8.08. The van der Waals surface area contributed by atoms with Gasteiger partial charge in [-0.3, -0.25) is 28.8 Å². The first-order valence-electron chi connectivity index (χ1n) is 26.4. The topological polar surface area (TPSA) is 214 Å². The summed E-state index contributed by atoms with van der Waals surface area (Å²) in [6, 6.07) is 32.5. The summed E-state index contributed by atoms with van der Waals surface area (Å²) in [5.74, 6) is -8.12. The lowest BCUT2D eigenvalue weighted by atomic mass is 9.67. The Morgan fingerprint density at radius 2 is 0.848 bits per heavy atom. The van der Waals surface area contributed by atoms with Crippen LogP contribution in [0.5, 0.6) is 23.0 Å². The van der Waals surface area contributed by atoms with Crippen molar-refractivity contribution < 1.29 is 58.0 Å². The number of carbonyl (C=O) groups excluding carboxylic acids is 6. The molecule has 6 aromatic carbocycles. The van der Waals surface area contributed by atoms with E-state index in [0.29, 0.717) is 35.3 Å². The highest BCUT2D eigenvalue weighted by Gasteiger charge is 2.49. The Morgan fingerprint density at radius 1 is 0.506 bits per heavy atom. The van der Waals surface area contributed by atoms with Crippen LogP contribution >= 0.6 is 0 Å². The average molecular weight is 1080 g/mol. The van der Waals surface area contributed by atoms with Crippen molar-refractivity contribution in [3.05, 3.63) is 190 Å². The van der Waals surface area contributed by atoms with Gasteiger partial charge in [0.15, 0.2) is 23.1 Å². The molecule has 3 aliphatic heterocycles. The first-order chi connectivity index (χ1) is 37.6. The molecule has 0 aliphatic carbocycles. The van der Waals surface area contributed by atoms with Crippen molar-refractivity contribution in [2.75, 3.05) is 45.8 Å². The smallest absolute Gasteiger partial charge is 0.241 e. The van der Waals surface area contributed by atoms with Gasteiger partial charge < -0.3 is 40.9 Å². The fourth-order valence-electron chi connectivity index (χ4n) is 11.4. The SMILES string of the molecule is Cc1c(F)cccc1C1[C@@H](C(=O)c2cccc(O)c2)CN(C(=O)C2CNCCN2)C[C@@H]1C(=O)c1cccc(O)c1.Cc1c(F)cccc1C1[C@@H](C(=O)c2cccc(O)c2)CN(C(=O)CC(C)(C)C)C[C@@H]1C(=O)c1cccc(O)c1. The number of halogens is 2. The maximum Gasteiger partial charge on any atom is 0.241 e. The average Bonchev–Trinajstić information content (AvgIpc) is 3.49. The summed E-state index contributed by atoms with van der Waals surface area (Å²) in [7, 11) is 0. The first kappa shape index (κ1) is 57.1. The Morgan fingerprint density at radius 3 is 1.16 bits per heavy atom. The van der Waals surface area contributed by atoms with Crippen molar-refractivity contribution in [1.82, 2.24) is 20.4 Å². The Kier molecular flexibility index (Phi) is 17.6. The number of ketones is 4. The second-order valence-electron chi connectivity index (χ2n) is 22.0. The lowest BCUT2D eigenvalue weighted by Crippen LogP contribution is -2.60. The molecular formula is C63H66F2N4O10. The number of hydrogen-bond acceptors (Lipinski definition) is 12. The molecule has 1 unspecified atom stereocenters. The van der Waals surface area contributed by atoms with Crippen LogP contribution in [0.4, 0.5) is 8.78 Å². The number of rotatable bonds is 12. The predicted octanol–water partition coefficient (Wildman–Crippen LogP) is 8.94. The summed E-state index contributed by atoms with van der Waals surface area (Å²) < 4.78 is 29.7. The van der Waals surface area contributed by atoms with Crippen molar-refractivity contribution in [3.8, 4) is 23.0 Å². The number of Topliss-reactive ketones (excluding diaryl/α,β-unsaturated/α-hetero) is 4. The molecule has 0 saturated carbocycles. The molecule has 5 atom stereocenters. The molecule has 6 aromatic rings. The zero-order chi connectivity index (χ0) is 56.9. The standard InChI is InChI=1S/C32H34FNO5.C31H32FN3O5/c1-19-24(12-7-13-27(19)33)29-25(30(38)20-8-5-10-22(35)14-20)17-34(28(37)16-32(2,3)4)18-26(29)31(39)21-9-6-11-23(36)15-21;1-18-23(9-4-10-26(18)32)28-24(29(38)19-5-2-7-21(36)13-19)16-35(31(40)27-15-33-11-12-34-27)17-25(28)30(39)20-6-3-8-22(37)14-20/h5-15,25-26,29,35-36H,16-18H2,1-4H3;2-10,13-14,24-25,27-28,33-34,36-37H,11-12,15-17H2,1H3/t25-,26-;24-,25-,27?/m00/s1. The van der Waals surface area contributed by atoms with Gasteiger partial charge >= 0.3 is 0 Å². The van der Waals surface area contributed by atoms with E-state index in [1.807, 2.05) is 20.8 Å². The van der Waals surface area contributed by atoms with Crippen molar-refractivity contribution in [1.29, 1.82) is 0 Å². The third-order valence-corrected chi connectivity index (χ3v) is 15.3. The molecule has 0 radical (unpaired) electrons. The normalized spacial score (nSPS) is 19.9. The second kappa shape index (κ2) is 24.3. The predicted molar refractivity (Wildman–Crippen MR) is 293 cm³/mol. The van der Waals surface area contributed by atoms with Crippen LogP contribution in [0.3, 0.4) is 0 Å². The number of likely N-dealkylation sites (tertiary alicyclic amines) is 2. The van der Waals surface area contributed by atoms with Gasteiger partial charge in [0.25, 0.3) is 0 Å². The molecule has 3 fully saturated rings. The first-order valence-corrected chi connectivity index (χ1v) is 26.4. The van der Waals surface area contributed by atoms with Gasteiger partial charge in [-0.15, -0.1) is 0 Å². The molecule has 3 saturated heterocycles. The summed E-state index contributed by atoms with van der Waals surface area (Å²) in [5.41, 5.74) is 2.34. The molecular weight excluding hydrogens is 1010 g/mol. The highest BCUT2D eigenvalue weighted by molar-refractivity contribution is 6.04. The summed E-state index contributed by atoms with van der Waals surface area (Å²) in [4.78, 5) is 86.6. The molecule has 14 nitrogen and oxygen atoms in total. The third-order valence-electron chi connectivity index (χ3n) is 15.3. The van der Waals surface area contributed by atoms with E-state index in [0.717, 1.165) is 6.54 Å². The van der Waals surface area contributed by atoms with Crippen molar-refractivity contribution in [2.24, 2.45) is 29.1 Å².